The maximum absolute atomic E-state index is 6.66. The van der Waals surface area contributed by atoms with Crippen LogP contribution < -0.4 is 0 Å². The first-order valence-corrected chi connectivity index (χ1v) is 19.3. The van der Waals surface area contributed by atoms with Gasteiger partial charge >= 0.3 is 0 Å². The number of benzene rings is 10. The van der Waals surface area contributed by atoms with E-state index in [0.717, 1.165) is 32.9 Å². The SMILES string of the molecule is c1ccc(-n2c3ccccc3c3cc(-c4ccc(-c5c6ccccc6c(-c6ccc7c(c6)oc6c8ccccc8ccc76)c6ccccc56)cc4)ccc32)cc1. The van der Waals surface area contributed by atoms with E-state index in [9.17, 15) is 0 Å². The van der Waals surface area contributed by atoms with Crippen LogP contribution in [0.25, 0.3) is 115 Å². The molecule has 2 heterocycles. The third-order valence-corrected chi connectivity index (χ3v) is 11.8. The van der Waals surface area contributed by atoms with Gasteiger partial charge in [0, 0.05) is 32.6 Å². The van der Waals surface area contributed by atoms with Gasteiger partial charge in [-0.1, -0.05) is 152 Å². The Bertz CT molecular complexity index is 3460. The number of aromatic nitrogens is 1. The van der Waals surface area contributed by atoms with Gasteiger partial charge in [-0.3, -0.25) is 0 Å². The Hall–Kier alpha value is -7.42. The summed E-state index contributed by atoms with van der Waals surface area (Å²) in [4.78, 5) is 0. The van der Waals surface area contributed by atoms with Crippen LogP contribution in [0.1, 0.15) is 0 Å². The zero-order valence-corrected chi connectivity index (χ0v) is 30.4. The molecule has 0 atom stereocenters. The molecule has 2 aromatic heterocycles. The van der Waals surface area contributed by atoms with E-state index in [1.54, 1.807) is 0 Å². The molecule has 0 radical (unpaired) electrons. The molecule has 260 valence electrons. The molecule has 2 nitrogen and oxygen atoms in total. The number of furan rings is 1. The van der Waals surface area contributed by atoms with Crippen LogP contribution in [0.3, 0.4) is 0 Å². The number of para-hydroxylation sites is 2. The van der Waals surface area contributed by atoms with E-state index >= 15 is 0 Å². The third kappa shape index (κ3) is 4.57. The topological polar surface area (TPSA) is 18.1 Å². The van der Waals surface area contributed by atoms with Crippen molar-refractivity contribution in [3.63, 3.8) is 0 Å². The average Bonchev–Trinajstić information content (AvgIpc) is 3.81. The van der Waals surface area contributed by atoms with Gasteiger partial charge in [-0.2, -0.15) is 0 Å². The van der Waals surface area contributed by atoms with E-state index < -0.39 is 0 Å². The van der Waals surface area contributed by atoms with Gasteiger partial charge in [0.1, 0.15) is 11.2 Å². The normalized spacial score (nSPS) is 11.9. The minimum absolute atomic E-state index is 0.907. The van der Waals surface area contributed by atoms with Crippen molar-refractivity contribution in [3.8, 4) is 39.1 Å². The standard InChI is InChI=1S/C54H33NO/c1-2-13-39(14-3-1)55-49-21-11-10-16-41(49)48-32-37(28-31-50(48)55)34-22-24-36(25-23-34)52-43-17-6-8-19-45(43)53(46-20-9-7-18-44(46)52)38-27-29-42-47-30-26-35-12-4-5-15-40(35)54(47)56-51(42)33-38/h1-33H. The third-order valence-electron chi connectivity index (χ3n) is 11.8. The van der Waals surface area contributed by atoms with E-state index in [0.29, 0.717) is 0 Å². The van der Waals surface area contributed by atoms with Gasteiger partial charge in [0.15, 0.2) is 0 Å². The molecule has 0 saturated carbocycles. The van der Waals surface area contributed by atoms with Crippen molar-refractivity contribution in [1.29, 1.82) is 0 Å². The van der Waals surface area contributed by atoms with Gasteiger partial charge in [0.25, 0.3) is 0 Å². The minimum Gasteiger partial charge on any atom is -0.455 e. The Kier molecular flexibility index (Phi) is 6.66. The monoisotopic (exact) mass is 711 g/mol. The van der Waals surface area contributed by atoms with Crippen molar-refractivity contribution in [2.45, 2.75) is 0 Å². The fourth-order valence-corrected chi connectivity index (χ4v) is 9.25. The summed E-state index contributed by atoms with van der Waals surface area (Å²) < 4.78 is 9.03. The largest absolute Gasteiger partial charge is 0.455 e. The van der Waals surface area contributed by atoms with Crippen molar-refractivity contribution in [2.75, 3.05) is 0 Å². The van der Waals surface area contributed by atoms with Crippen molar-refractivity contribution in [3.05, 3.63) is 200 Å². The van der Waals surface area contributed by atoms with Crippen molar-refractivity contribution in [2.24, 2.45) is 0 Å². The first-order chi connectivity index (χ1) is 27.8. The molecule has 0 bridgehead atoms. The van der Waals surface area contributed by atoms with Crippen LogP contribution in [0.5, 0.6) is 0 Å². The molecule has 12 rings (SSSR count). The highest BCUT2D eigenvalue weighted by Gasteiger charge is 2.19. The van der Waals surface area contributed by atoms with Crippen LogP contribution in [-0.4, -0.2) is 4.57 Å². The maximum Gasteiger partial charge on any atom is 0.143 e. The van der Waals surface area contributed by atoms with Crippen LogP contribution in [0.15, 0.2) is 205 Å². The molecule has 2 heteroatoms. The molecule has 10 aromatic carbocycles. The summed E-state index contributed by atoms with van der Waals surface area (Å²) in [5.74, 6) is 0. The Morgan fingerprint density at radius 2 is 0.839 bits per heavy atom. The summed E-state index contributed by atoms with van der Waals surface area (Å²) >= 11 is 0. The van der Waals surface area contributed by atoms with E-state index in [2.05, 4.69) is 205 Å². The second-order valence-corrected chi connectivity index (χ2v) is 14.8. The van der Waals surface area contributed by atoms with Crippen molar-refractivity contribution < 1.29 is 4.42 Å². The first kappa shape index (κ1) is 31.0. The lowest BCUT2D eigenvalue weighted by Gasteiger charge is -2.18. The molecule has 56 heavy (non-hydrogen) atoms. The molecular formula is C54H33NO. The van der Waals surface area contributed by atoms with Crippen LogP contribution in [-0.2, 0) is 0 Å². The maximum atomic E-state index is 6.66. The van der Waals surface area contributed by atoms with E-state index in [1.165, 1.54) is 82.2 Å². The second kappa shape index (κ2) is 12.0. The fourth-order valence-electron chi connectivity index (χ4n) is 9.25. The lowest BCUT2D eigenvalue weighted by Crippen LogP contribution is -1.92. The highest BCUT2D eigenvalue weighted by Crippen LogP contribution is 2.45. The smallest absolute Gasteiger partial charge is 0.143 e. The molecule has 0 amide bonds. The summed E-state index contributed by atoms with van der Waals surface area (Å²) in [6.07, 6.45) is 0. The molecule has 0 saturated heterocycles. The summed E-state index contributed by atoms with van der Waals surface area (Å²) in [6.45, 7) is 0. The Morgan fingerprint density at radius 3 is 1.57 bits per heavy atom. The van der Waals surface area contributed by atoms with Crippen LogP contribution in [0.2, 0.25) is 0 Å². The van der Waals surface area contributed by atoms with E-state index in [-0.39, 0.29) is 0 Å². The molecule has 12 aromatic rings. The van der Waals surface area contributed by atoms with E-state index in [4.69, 9.17) is 4.42 Å². The average molecular weight is 712 g/mol. The first-order valence-electron chi connectivity index (χ1n) is 19.3. The number of nitrogens with zero attached hydrogens (tertiary/aromatic N) is 1. The zero-order chi connectivity index (χ0) is 36.7. The Morgan fingerprint density at radius 1 is 0.304 bits per heavy atom. The minimum atomic E-state index is 0.907. The fraction of sp³-hybridized carbons (Fsp3) is 0. The van der Waals surface area contributed by atoms with Crippen molar-refractivity contribution >= 4 is 76.1 Å². The number of rotatable bonds is 4. The molecule has 0 aliphatic heterocycles. The number of hydrogen-bond donors (Lipinski definition) is 0. The van der Waals surface area contributed by atoms with Gasteiger partial charge in [0.2, 0.25) is 0 Å². The van der Waals surface area contributed by atoms with Crippen molar-refractivity contribution in [1.82, 2.24) is 4.57 Å². The molecule has 0 fully saturated rings. The Labute approximate surface area is 323 Å². The predicted molar refractivity (Wildman–Crippen MR) is 237 cm³/mol. The summed E-state index contributed by atoms with van der Waals surface area (Å²) in [7, 11) is 0. The molecule has 0 spiro atoms. The molecule has 0 aliphatic rings. The number of fused-ring (bicyclic) bond motifs is 10. The van der Waals surface area contributed by atoms with Gasteiger partial charge in [0.05, 0.1) is 11.0 Å². The predicted octanol–water partition coefficient (Wildman–Crippen LogP) is 15.1. The van der Waals surface area contributed by atoms with Crippen LogP contribution >= 0.6 is 0 Å². The summed E-state index contributed by atoms with van der Waals surface area (Å²) in [6, 6.07) is 72.7. The molecular weight excluding hydrogens is 679 g/mol. The highest BCUT2D eigenvalue weighted by atomic mass is 16.3. The van der Waals surface area contributed by atoms with Gasteiger partial charge in [-0.05, 0) is 109 Å². The summed E-state index contributed by atoms with van der Waals surface area (Å²) in [5, 5.41) is 12.1. The molecule has 0 unspecified atom stereocenters. The highest BCUT2D eigenvalue weighted by molar-refractivity contribution is 6.22. The summed E-state index contributed by atoms with van der Waals surface area (Å²) in [5.41, 5.74) is 12.7. The second-order valence-electron chi connectivity index (χ2n) is 14.8. The van der Waals surface area contributed by atoms with Gasteiger partial charge in [-0.25, -0.2) is 0 Å². The zero-order valence-electron chi connectivity index (χ0n) is 30.4. The van der Waals surface area contributed by atoms with Gasteiger partial charge in [-0.15, -0.1) is 0 Å². The quantitative estimate of drug-likeness (QED) is 0.166. The molecule has 0 N–H and O–H groups in total. The lowest BCUT2D eigenvalue weighted by molar-refractivity contribution is 0.673. The van der Waals surface area contributed by atoms with E-state index in [1.807, 2.05) is 0 Å². The Balaban J connectivity index is 0.998. The van der Waals surface area contributed by atoms with Crippen LogP contribution in [0.4, 0.5) is 0 Å². The van der Waals surface area contributed by atoms with Crippen LogP contribution in [0, 0.1) is 0 Å². The lowest BCUT2D eigenvalue weighted by atomic mass is 9.85. The van der Waals surface area contributed by atoms with Gasteiger partial charge < -0.3 is 8.98 Å². The number of hydrogen-bond acceptors (Lipinski definition) is 1. The molecule has 0 aliphatic carbocycles.